The van der Waals surface area contributed by atoms with E-state index in [9.17, 15) is 0 Å². The summed E-state index contributed by atoms with van der Waals surface area (Å²) in [5, 5.41) is 4.50. The van der Waals surface area contributed by atoms with Crippen LogP contribution in [0.2, 0.25) is 0 Å². The van der Waals surface area contributed by atoms with Crippen LogP contribution < -0.4 is 10.6 Å². The second-order valence-corrected chi connectivity index (χ2v) is 6.14. The molecule has 1 aromatic carbocycles. The lowest BCUT2D eigenvalue weighted by Gasteiger charge is -2.20. The largest absolute Gasteiger partial charge is 0.359 e. The Morgan fingerprint density at radius 1 is 1.14 bits per heavy atom. The zero-order chi connectivity index (χ0) is 14.7. The first-order valence-corrected chi connectivity index (χ1v) is 7.98. The molecule has 4 heteroatoms. The van der Waals surface area contributed by atoms with Crippen molar-refractivity contribution >= 4 is 27.9 Å². The molecule has 2 aromatic heterocycles. The number of fused-ring (bicyclic) bond motifs is 1. The zero-order valence-electron chi connectivity index (χ0n) is 12.1. The summed E-state index contributed by atoms with van der Waals surface area (Å²) in [7, 11) is 2.10. The maximum absolute atomic E-state index is 5.81. The Kier molecular flexibility index (Phi) is 4.18. The molecule has 0 unspecified atom stereocenters. The predicted octanol–water partition coefficient (Wildman–Crippen LogP) is 3.43. The van der Waals surface area contributed by atoms with Crippen LogP contribution in [-0.2, 0) is 13.0 Å². The number of pyridine rings is 1. The van der Waals surface area contributed by atoms with Gasteiger partial charge in [-0.05, 0) is 28.8 Å². The van der Waals surface area contributed by atoms with Crippen LogP contribution in [0.4, 0.5) is 5.82 Å². The summed E-state index contributed by atoms with van der Waals surface area (Å²) in [6.07, 6.45) is 2.95. The Morgan fingerprint density at radius 3 is 2.67 bits per heavy atom. The number of likely N-dealkylation sites (N-methyl/N-ethyl adjacent to an activating group) is 1. The molecule has 0 aliphatic carbocycles. The van der Waals surface area contributed by atoms with E-state index in [4.69, 9.17) is 5.73 Å². The van der Waals surface area contributed by atoms with Gasteiger partial charge in [0.25, 0.3) is 0 Å². The van der Waals surface area contributed by atoms with Crippen molar-refractivity contribution in [2.75, 3.05) is 18.5 Å². The van der Waals surface area contributed by atoms with Crippen molar-refractivity contribution in [1.29, 1.82) is 0 Å². The molecule has 0 radical (unpaired) electrons. The topological polar surface area (TPSA) is 42.2 Å². The van der Waals surface area contributed by atoms with Gasteiger partial charge in [-0.2, -0.15) is 0 Å². The van der Waals surface area contributed by atoms with Gasteiger partial charge in [-0.25, -0.2) is 4.98 Å². The average Bonchev–Trinajstić information content (AvgIpc) is 3.05. The van der Waals surface area contributed by atoms with Crippen molar-refractivity contribution in [3.63, 3.8) is 0 Å². The number of rotatable bonds is 5. The minimum atomic E-state index is 0.521. The van der Waals surface area contributed by atoms with Crippen LogP contribution in [0, 0.1) is 0 Å². The molecule has 21 heavy (non-hydrogen) atoms. The molecule has 0 bridgehead atoms. The van der Waals surface area contributed by atoms with Gasteiger partial charge in [0.05, 0.1) is 0 Å². The number of anilines is 1. The monoisotopic (exact) mass is 297 g/mol. The van der Waals surface area contributed by atoms with Crippen molar-refractivity contribution in [2.24, 2.45) is 5.73 Å². The zero-order valence-corrected chi connectivity index (χ0v) is 12.9. The molecular formula is C17H19N3S. The molecule has 2 heterocycles. The summed E-state index contributed by atoms with van der Waals surface area (Å²) in [4.78, 5) is 8.26. The third-order valence-corrected chi connectivity index (χ3v) is 4.65. The van der Waals surface area contributed by atoms with E-state index < -0.39 is 0 Å². The predicted molar refractivity (Wildman–Crippen MR) is 90.9 cm³/mol. The van der Waals surface area contributed by atoms with Gasteiger partial charge in [0.1, 0.15) is 5.82 Å². The highest BCUT2D eigenvalue weighted by molar-refractivity contribution is 7.09. The van der Waals surface area contributed by atoms with Crippen LogP contribution >= 0.6 is 11.3 Å². The van der Waals surface area contributed by atoms with Crippen LogP contribution in [0.3, 0.4) is 0 Å². The van der Waals surface area contributed by atoms with Crippen LogP contribution in [0.5, 0.6) is 0 Å². The SMILES string of the molecule is CN(CCc1cccs1)c1ncc(CN)c2ccccc12. The molecule has 3 rings (SSSR count). The van der Waals surface area contributed by atoms with E-state index >= 15 is 0 Å². The molecule has 2 N–H and O–H groups in total. The van der Waals surface area contributed by atoms with Crippen LogP contribution in [0.15, 0.2) is 48.0 Å². The maximum Gasteiger partial charge on any atom is 0.136 e. The molecule has 0 aliphatic heterocycles. The van der Waals surface area contributed by atoms with Gasteiger partial charge < -0.3 is 10.6 Å². The molecule has 0 saturated carbocycles. The van der Waals surface area contributed by atoms with E-state index in [1.807, 2.05) is 6.20 Å². The molecule has 0 aliphatic rings. The Labute approximate surface area is 129 Å². The fraction of sp³-hybridized carbons (Fsp3) is 0.235. The minimum Gasteiger partial charge on any atom is -0.359 e. The first kappa shape index (κ1) is 14.0. The highest BCUT2D eigenvalue weighted by atomic mass is 32.1. The Bertz CT molecular complexity index is 722. The lowest BCUT2D eigenvalue weighted by atomic mass is 10.1. The molecule has 0 saturated heterocycles. The summed E-state index contributed by atoms with van der Waals surface area (Å²) in [5.74, 6) is 1.03. The fourth-order valence-electron chi connectivity index (χ4n) is 2.54. The molecule has 0 atom stereocenters. The van der Waals surface area contributed by atoms with E-state index in [-0.39, 0.29) is 0 Å². The quantitative estimate of drug-likeness (QED) is 0.784. The van der Waals surface area contributed by atoms with Gasteiger partial charge in [0.2, 0.25) is 0 Å². The highest BCUT2D eigenvalue weighted by Gasteiger charge is 2.10. The van der Waals surface area contributed by atoms with E-state index in [1.54, 1.807) is 11.3 Å². The molecular weight excluding hydrogens is 278 g/mol. The van der Waals surface area contributed by atoms with Crippen LogP contribution in [-0.4, -0.2) is 18.6 Å². The highest BCUT2D eigenvalue weighted by Crippen LogP contribution is 2.26. The normalized spacial score (nSPS) is 11.0. The van der Waals surface area contributed by atoms with Gasteiger partial charge in [-0.1, -0.05) is 30.3 Å². The second-order valence-electron chi connectivity index (χ2n) is 5.11. The first-order valence-electron chi connectivity index (χ1n) is 7.10. The molecule has 0 spiro atoms. The van der Waals surface area contributed by atoms with Gasteiger partial charge in [-0.3, -0.25) is 0 Å². The number of benzene rings is 1. The molecule has 3 aromatic rings. The summed E-state index contributed by atoms with van der Waals surface area (Å²) in [6.45, 7) is 1.48. The minimum absolute atomic E-state index is 0.521. The van der Waals surface area contributed by atoms with E-state index in [2.05, 4.69) is 58.7 Å². The standard InChI is InChI=1S/C17H19N3S/c1-20(9-8-14-5-4-10-21-14)17-16-7-3-2-6-15(16)13(11-18)12-19-17/h2-7,10,12H,8-9,11,18H2,1H3. The van der Waals surface area contributed by atoms with E-state index in [1.165, 1.54) is 15.6 Å². The van der Waals surface area contributed by atoms with E-state index in [0.717, 1.165) is 24.3 Å². The molecule has 0 fully saturated rings. The lowest BCUT2D eigenvalue weighted by Crippen LogP contribution is -2.21. The van der Waals surface area contributed by atoms with Gasteiger partial charge in [0, 0.05) is 36.6 Å². The maximum atomic E-state index is 5.81. The summed E-state index contributed by atoms with van der Waals surface area (Å²) in [6, 6.07) is 12.6. The molecule has 0 amide bonds. The van der Waals surface area contributed by atoms with Crippen LogP contribution in [0.25, 0.3) is 10.8 Å². The Morgan fingerprint density at radius 2 is 1.95 bits per heavy atom. The lowest BCUT2D eigenvalue weighted by molar-refractivity contribution is 0.872. The van der Waals surface area contributed by atoms with Crippen molar-refractivity contribution < 1.29 is 0 Å². The van der Waals surface area contributed by atoms with Gasteiger partial charge in [-0.15, -0.1) is 11.3 Å². The Balaban J connectivity index is 1.89. The van der Waals surface area contributed by atoms with Gasteiger partial charge >= 0.3 is 0 Å². The van der Waals surface area contributed by atoms with Crippen molar-refractivity contribution in [2.45, 2.75) is 13.0 Å². The van der Waals surface area contributed by atoms with Crippen LogP contribution in [0.1, 0.15) is 10.4 Å². The number of hydrogen-bond donors (Lipinski definition) is 1. The van der Waals surface area contributed by atoms with Crippen molar-refractivity contribution in [3.05, 3.63) is 58.4 Å². The summed E-state index contributed by atoms with van der Waals surface area (Å²) >= 11 is 1.81. The fourth-order valence-corrected chi connectivity index (χ4v) is 3.24. The van der Waals surface area contributed by atoms with Crippen molar-refractivity contribution in [3.8, 4) is 0 Å². The first-order chi connectivity index (χ1) is 10.3. The second kappa shape index (κ2) is 6.24. The average molecular weight is 297 g/mol. The number of nitrogens with zero attached hydrogens (tertiary/aromatic N) is 2. The summed E-state index contributed by atoms with van der Waals surface area (Å²) < 4.78 is 0. The number of thiophene rings is 1. The van der Waals surface area contributed by atoms with Gasteiger partial charge in [0.15, 0.2) is 0 Å². The van der Waals surface area contributed by atoms with Crippen molar-refractivity contribution in [1.82, 2.24) is 4.98 Å². The number of aromatic nitrogens is 1. The third kappa shape index (κ3) is 2.91. The third-order valence-electron chi connectivity index (χ3n) is 3.71. The summed E-state index contributed by atoms with van der Waals surface area (Å²) in [5.41, 5.74) is 6.91. The molecule has 3 nitrogen and oxygen atoms in total. The Hall–Kier alpha value is -1.91. The number of hydrogen-bond acceptors (Lipinski definition) is 4. The smallest absolute Gasteiger partial charge is 0.136 e. The molecule has 108 valence electrons. The number of nitrogens with two attached hydrogens (primary N) is 1. The van der Waals surface area contributed by atoms with E-state index in [0.29, 0.717) is 6.54 Å².